The molecule has 0 saturated carbocycles. The largest absolute Gasteiger partial charge is 0.492 e. The lowest BCUT2D eigenvalue weighted by molar-refractivity contribution is -0.137. The molecule has 0 amide bonds. The first-order valence-electron chi connectivity index (χ1n) is 6.68. The van der Waals surface area contributed by atoms with E-state index in [0.717, 1.165) is 12.1 Å². The number of nitrogens with one attached hydrogen (secondary N) is 1. The van der Waals surface area contributed by atoms with Crippen LogP contribution in [-0.2, 0) is 10.9 Å². The summed E-state index contributed by atoms with van der Waals surface area (Å²) < 4.78 is 47.4. The molecule has 0 fully saturated rings. The molecule has 0 aliphatic heterocycles. The number of nitrogens with two attached hydrogens (primary N) is 1. The molecule has 0 aliphatic carbocycles. The molecule has 1 unspecified atom stereocenters. The van der Waals surface area contributed by atoms with Gasteiger partial charge in [-0.25, -0.2) is 4.99 Å². The van der Waals surface area contributed by atoms with E-state index in [1.807, 2.05) is 6.92 Å². The van der Waals surface area contributed by atoms with Gasteiger partial charge in [0.1, 0.15) is 12.4 Å². The first kappa shape index (κ1) is 21.8. The van der Waals surface area contributed by atoms with E-state index in [2.05, 4.69) is 10.3 Å². The van der Waals surface area contributed by atoms with E-state index >= 15 is 0 Å². The number of methoxy groups -OCH3 is 1. The smallest absolute Gasteiger partial charge is 0.416 e. The number of alkyl halides is 3. The zero-order chi connectivity index (χ0) is 16.6. The Labute approximate surface area is 150 Å². The second kappa shape index (κ2) is 10.5. The lowest BCUT2D eigenvalue weighted by Crippen LogP contribution is -2.40. The third-order valence-electron chi connectivity index (χ3n) is 2.63. The number of hydrogen-bond donors (Lipinski definition) is 2. The number of aliphatic imine (C=N–C) groups is 1. The predicted molar refractivity (Wildman–Crippen MR) is 93.3 cm³/mol. The first-order chi connectivity index (χ1) is 10.3. The van der Waals surface area contributed by atoms with Crippen LogP contribution in [0, 0.1) is 0 Å². The molecule has 0 bridgehead atoms. The second-order valence-corrected chi connectivity index (χ2v) is 4.64. The summed E-state index contributed by atoms with van der Waals surface area (Å²) in [4.78, 5) is 4.04. The Hall–Kier alpha value is -1.23. The summed E-state index contributed by atoms with van der Waals surface area (Å²) >= 11 is 0. The van der Waals surface area contributed by atoms with E-state index in [1.165, 1.54) is 12.1 Å². The van der Waals surface area contributed by atoms with Crippen LogP contribution in [0.15, 0.2) is 29.3 Å². The van der Waals surface area contributed by atoms with Gasteiger partial charge in [-0.2, -0.15) is 13.2 Å². The zero-order valence-electron chi connectivity index (χ0n) is 12.9. The summed E-state index contributed by atoms with van der Waals surface area (Å²) in [5.74, 6) is 0.614. The minimum atomic E-state index is -4.35. The van der Waals surface area contributed by atoms with Crippen LogP contribution in [0.25, 0.3) is 0 Å². The molecule has 5 nitrogen and oxygen atoms in total. The predicted octanol–water partition coefficient (Wildman–Crippen LogP) is 2.64. The minimum Gasteiger partial charge on any atom is -0.492 e. The van der Waals surface area contributed by atoms with Crippen molar-refractivity contribution in [2.45, 2.75) is 19.1 Å². The first-order valence-corrected chi connectivity index (χ1v) is 6.68. The van der Waals surface area contributed by atoms with Gasteiger partial charge in [-0.1, -0.05) is 0 Å². The highest BCUT2D eigenvalue weighted by atomic mass is 127. The highest BCUT2D eigenvalue weighted by Gasteiger charge is 2.29. The van der Waals surface area contributed by atoms with Crippen molar-refractivity contribution in [1.82, 2.24) is 5.32 Å². The molecule has 1 aromatic rings. The maximum absolute atomic E-state index is 12.4. The number of ether oxygens (including phenoxy) is 2. The van der Waals surface area contributed by atoms with Gasteiger partial charge in [0.25, 0.3) is 0 Å². The van der Waals surface area contributed by atoms with Gasteiger partial charge in [0.05, 0.1) is 18.7 Å². The molecule has 0 heterocycles. The van der Waals surface area contributed by atoms with E-state index in [-0.39, 0.29) is 42.6 Å². The molecule has 9 heteroatoms. The van der Waals surface area contributed by atoms with Crippen molar-refractivity contribution in [3.8, 4) is 5.75 Å². The Morgan fingerprint density at radius 3 is 2.43 bits per heavy atom. The van der Waals surface area contributed by atoms with Crippen molar-refractivity contribution >= 4 is 29.9 Å². The number of rotatable bonds is 7. The summed E-state index contributed by atoms with van der Waals surface area (Å²) in [5, 5.41) is 2.93. The summed E-state index contributed by atoms with van der Waals surface area (Å²) in [6, 6.07) is 4.52. The minimum absolute atomic E-state index is 0. The van der Waals surface area contributed by atoms with Crippen LogP contribution in [0.4, 0.5) is 13.2 Å². The van der Waals surface area contributed by atoms with Gasteiger partial charge < -0.3 is 20.5 Å². The fraction of sp³-hybridized carbons (Fsp3) is 0.500. The monoisotopic (exact) mass is 447 g/mol. The van der Waals surface area contributed by atoms with E-state index in [4.69, 9.17) is 15.2 Å². The number of halogens is 4. The second-order valence-electron chi connectivity index (χ2n) is 4.64. The van der Waals surface area contributed by atoms with Crippen LogP contribution in [0.2, 0.25) is 0 Å². The van der Waals surface area contributed by atoms with Crippen molar-refractivity contribution in [3.05, 3.63) is 29.8 Å². The molecular weight excluding hydrogens is 426 g/mol. The molecule has 0 aromatic heterocycles. The maximum Gasteiger partial charge on any atom is 0.416 e. The zero-order valence-corrected chi connectivity index (χ0v) is 15.2. The average molecular weight is 447 g/mol. The van der Waals surface area contributed by atoms with Gasteiger partial charge in [-0.05, 0) is 31.2 Å². The van der Waals surface area contributed by atoms with Crippen molar-refractivity contribution in [2.75, 3.05) is 26.9 Å². The Balaban J connectivity index is 0.00000484. The Morgan fingerprint density at radius 2 is 1.91 bits per heavy atom. The van der Waals surface area contributed by atoms with Crippen LogP contribution < -0.4 is 15.8 Å². The van der Waals surface area contributed by atoms with Crippen LogP contribution in [0.5, 0.6) is 5.75 Å². The molecule has 0 radical (unpaired) electrons. The van der Waals surface area contributed by atoms with Gasteiger partial charge in [-0.15, -0.1) is 24.0 Å². The van der Waals surface area contributed by atoms with Crippen LogP contribution in [-0.4, -0.2) is 38.9 Å². The molecule has 1 atom stereocenters. The summed E-state index contributed by atoms with van der Waals surface area (Å²) in [5.41, 5.74) is 4.95. The Bertz CT molecular complexity index is 481. The summed E-state index contributed by atoms with van der Waals surface area (Å²) in [6.45, 7) is 2.90. The normalized spacial score (nSPS) is 13.2. The Kier molecular flexibility index (Phi) is 9.96. The van der Waals surface area contributed by atoms with Crippen molar-refractivity contribution < 1.29 is 22.6 Å². The number of benzene rings is 1. The van der Waals surface area contributed by atoms with E-state index in [0.29, 0.717) is 18.9 Å². The molecule has 23 heavy (non-hydrogen) atoms. The van der Waals surface area contributed by atoms with Crippen molar-refractivity contribution in [1.29, 1.82) is 0 Å². The van der Waals surface area contributed by atoms with Gasteiger partial charge in [0, 0.05) is 13.2 Å². The third kappa shape index (κ3) is 8.84. The van der Waals surface area contributed by atoms with Gasteiger partial charge in [-0.3, -0.25) is 0 Å². The maximum atomic E-state index is 12.4. The van der Waals surface area contributed by atoms with Gasteiger partial charge >= 0.3 is 6.18 Å². The molecular formula is C14H21F3IN3O2. The molecule has 3 N–H and O–H groups in total. The van der Waals surface area contributed by atoms with Gasteiger partial charge in [0.2, 0.25) is 0 Å². The van der Waals surface area contributed by atoms with E-state index < -0.39 is 11.7 Å². The molecule has 1 rings (SSSR count). The SMILES string of the molecule is COCC(C)NC(N)=NCCOc1ccc(C(F)(F)F)cc1.I. The third-order valence-corrected chi connectivity index (χ3v) is 2.63. The molecule has 0 spiro atoms. The van der Waals surface area contributed by atoms with Crippen LogP contribution in [0.1, 0.15) is 12.5 Å². The summed E-state index contributed by atoms with van der Waals surface area (Å²) in [7, 11) is 1.59. The van der Waals surface area contributed by atoms with E-state index in [1.54, 1.807) is 7.11 Å². The molecule has 0 aliphatic rings. The van der Waals surface area contributed by atoms with Crippen molar-refractivity contribution in [3.63, 3.8) is 0 Å². The average Bonchev–Trinajstić information content (AvgIpc) is 2.43. The van der Waals surface area contributed by atoms with Gasteiger partial charge in [0.15, 0.2) is 5.96 Å². The van der Waals surface area contributed by atoms with E-state index in [9.17, 15) is 13.2 Å². The summed E-state index contributed by atoms with van der Waals surface area (Å²) in [6.07, 6.45) is -4.35. The Morgan fingerprint density at radius 1 is 1.30 bits per heavy atom. The van der Waals surface area contributed by atoms with Crippen LogP contribution >= 0.6 is 24.0 Å². The topological polar surface area (TPSA) is 68.9 Å². The highest BCUT2D eigenvalue weighted by Crippen LogP contribution is 2.30. The van der Waals surface area contributed by atoms with Crippen molar-refractivity contribution in [2.24, 2.45) is 10.7 Å². The molecule has 0 saturated heterocycles. The number of guanidine groups is 1. The molecule has 1 aromatic carbocycles. The molecule has 132 valence electrons. The lowest BCUT2D eigenvalue weighted by atomic mass is 10.2. The number of hydrogen-bond acceptors (Lipinski definition) is 3. The quantitative estimate of drug-likeness (QED) is 0.292. The fourth-order valence-electron chi connectivity index (χ4n) is 1.66. The standard InChI is InChI=1S/C14H20F3N3O2.HI/c1-10(9-21-2)20-13(18)19-7-8-22-12-5-3-11(4-6-12)14(15,16)17;/h3-6,10H,7-9H2,1-2H3,(H3,18,19,20);1H. The lowest BCUT2D eigenvalue weighted by Gasteiger charge is -2.13. The fourth-order valence-corrected chi connectivity index (χ4v) is 1.66. The van der Waals surface area contributed by atoms with Crippen LogP contribution in [0.3, 0.4) is 0 Å². The number of nitrogens with zero attached hydrogens (tertiary/aromatic N) is 1. The highest BCUT2D eigenvalue weighted by molar-refractivity contribution is 14.0.